The Balaban J connectivity index is 2.05. The third kappa shape index (κ3) is 12.8. The molecule has 0 amide bonds. The van der Waals surface area contributed by atoms with Crippen LogP contribution in [-0.4, -0.2) is 47.7 Å². The Bertz CT molecular complexity index is 876. The zero-order valence-electron chi connectivity index (χ0n) is 22.9. The molecule has 0 saturated heterocycles. The minimum Gasteiger partial charge on any atom is -0.460 e. The highest BCUT2D eigenvalue weighted by molar-refractivity contribution is 5.73. The average Bonchev–Trinajstić information content (AvgIpc) is 2.77. The van der Waals surface area contributed by atoms with Crippen molar-refractivity contribution in [3.63, 3.8) is 0 Å². The quantitative estimate of drug-likeness (QED) is 0.298. The second-order valence-corrected chi connectivity index (χ2v) is 11.3. The van der Waals surface area contributed by atoms with E-state index in [2.05, 4.69) is 34.5 Å². The Labute approximate surface area is 217 Å². The molecule has 2 rings (SSSR count). The second kappa shape index (κ2) is 14.1. The van der Waals surface area contributed by atoms with Gasteiger partial charge in [0.1, 0.15) is 11.2 Å². The van der Waals surface area contributed by atoms with Gasteiger partial charge < -0.3 is 14.8 Å². The molecule has 1 atom stereocenters. The summed E-state index contributed by atoms with van der Waals surface area (Å²) in [6.07, 6.45) is 0.989. The molecular formula is C30H44N2O4. The molecule has 2 aromatic rings. The van der Waals surface area contributed by atoms with Crippen LogP contribution in [0.5, 0.6) is 0 Å². The van der Waals surface area contributed by atoms with Crippen molar-refractivity contribution < 1.29 is 19.1 Å². The summed E-state index contributed by atoms with van der Waals surface area (Å²) in [5, 5.41) is 3.37. The third-order valence-corrected chi connectivity index (χ3v) is 5.26. The number of hydrogen-bond donors (Lipinski definition) is 1. The Morgan fingerprint density at radius 2 is 1.31 bits per heavy atom. The van der Waals surface area contributed by atoms with Gasteiger partial charge in [-0.05, 0) is 65.6 Å². The van der Waals surface area contributed by atoms with Gasteiger partial charge in [-0.1, -0.05) is 60.7 Å². The van der Waals surface area contributed by atoms with E-state index in [0.29, 0.717) is 32.5 Å². The normalized spacial score (nSPS) is 12.9. The van der Waals surface area contributed by atoms with Crippen molar-refractivity contribution in [1.82, 2.24) is 10.2 Å². The van der Waals surface area contributed by atoms with E-state index in [0.717, 1.165) is 13.1 Å². The molecule has 0 aliphatic rings. The number of ether oxygens (including phenoxy) is 2. The molecule has 1 unspecified atom stereocenters. The van der Waals surface area contributed by atoms with E-state index >= 15 is 0 Å². The van der Waals surface area contributed by atoms with Crippen molar-refractivity contribution in [3.05, 3.63) is 71.8 Å². The van der Waals surface area contributed by atoms with Gasteiger partial charge in [0, 0.05) is 32.6 Å². The van der Waals surface area contributed by atoms with Crippen molar-refractivity contribution in [1.29, 1.82) is 0 Å². The van der Waals surface area contributed by atoms with E-state index in [-0.39, 0.29) is 17.9 Å². The molecule has 36 heavy (non-hydrogen) atoms. The van der Waals surface area contributed by atoms with Crippen molar-refractivity contribution in [2.45, 2.75) is 78.7 Å². The van der Waals surface area contributed by atoms with Gasteiger partial charge in [-0.2, -0.15) is 0 Å². The van der Waals surface area contributed by atoms with Crippen molar-refractivity contribution in [2.75, 3.05) is 19.6 Å². The maximum Gasteiger partial charge on any atom is 0.312 e. The summed E-state index contributed by atoms with van der Waals surface area (Å²) in [7, 11) is 0. The lowest BCUT2D eigenvalue weighted by atomic mass is 10.1. The summed E-state index contributed by atoms with van der Waals surface area (Å²) in [6.45, 7) is 14.4. The molecule has 0 saturated carbocycles. The number of carbonyl (C=O) groups is 2. The lowest BCUT2D eigenvalue weighted by molar-refractivity contribution is -0.161. The Morgan fingerprint density at radius 3 is 1.78 bits per heavy atom. The van der Waals surface area contributed by atoms with Crippen LogP contribution in [0.4, 0.5) is 0 Å². The summed E-state index contributed by atoms with van der Waals surface area (Å²) >= 11 is 0. The molecule has 6 nitrogen and oxygen atoms in total. The number of carbonyl (C=O) groups excluding carboxylic acids is 2. The van der Waals surface area contributed by atoms with Crippen LogP contribution in [0.15, 0.2) is 60.7 Å². The smallest absolute Gasteiger partial charge is 0.312 e. The second-order valence-electron chi connectivity index (χ2n) is 11.3. The molecule has 198 valence electrons. The molecular weight excluding hydrogens is 452 g/mol. The fraction of sp³-hybridized carbons (Fsp3) is 0.533. The number of rotatable bonds is 13. The predicted molar refractivity (Wildman–Crippen MR) is 144 cm³/mol. The number of benzene rings is 2. The maximum atomic E-state index is 13.2. The topological polar surface area (TPSA) is 67.9 Å². The first-order valence-corrected chi connectivity index (χ1v) is 12.9. The van der Waals surface area contributed by atoms with Gasteiger partial charge in [0.25, 0.3) is 0 Å². The average molecular weight is 497 g/mol. The molecule has 0 fully saturated rings. The third-order valence-electron chi connectivity index (χ3n) is 5.26. The summed E-state index contributed by atoms with van der Waals surface area (Å²) in [6, 6.07) is 20.6. The van der Waals surface area contributed by atoms with Crippen LogP contribution in [-0.2, 0) is 32.2 Å². The van der Waals surface area contributed by atoms with E-state index < -0.39 is 11.2 Å². The van der Waals surface area contributed by atoms with Crippen LogP contribution >= 0.6 is 0 Å². The molecule has 0 aliphatic heterocycles. The molecule has 0 bridgehead atoms. The summed E-state index contributed by atoms with van der Waals surface area (Å²) < 4.78 is 11.1. The van der Waals surface area contributed by atoms with Gasteiger partial charge in [0.2, 0.25) is 0 Å². The van der Waals surface area contributed by atoms with Gasteiger partial charge in [0.05, 0.1) is 5.92 Å². The fourth-order valence-electron chi connectivity index (χ4n) is 3.81. The highest BCUT2D eigenvalue weighted by Gasteiger charge is 2.27. The lowest BCUT2D eigenvalue weighted by Crippen LogP contribution is -2.41. The predicted octanol–water partition coefficient (Wildman–Crippen LogP) is 5.36. The molecule has 0 heterocycles. The highest BCUT2D eigenvalue weighted by atomic mass is 16.6. The van der Waals surface area contributed by atoms with Crippen LogP contribution in [0.1, 0.15) is 65.5 Å². The minimum atomic E-state index is -0.560. The van der Waals surface area contributed by atoms with Crippen LogP contribution in [0, 0.1) is 5.92 Å². The van der Waals surface area contributed by atoms with E-state index in [4.69, 9.17) is 9.47 Å². The van der Waals surface area contributed by atoms with Crippen LogP contribution < -0.4 is 5.32 Å². The Morgan fingerprint density at radius 1 is 0.806 bits per heavy atom. The van der Waals surface area contributed by atoms with Gasteiger partial charge in [-0.15, -0.1) is 0 Å². The summed E-state index contributed by atoms with van der Waals surface area (Å²) in [4.78, 5) is 27.4. The summed E-state index contributed by atoms with van der Waals surface area (Å²) in [5.41, 5.74) is 1.35. The first-order chi connectivity index (χ1) is 16.9. The monoisotopic (exact) mass is 496 g/mol. The van der Waals surface area contributed by atoms with Gasteiger partial charge in [-0.3, -0.25) is 14.5 Å². The van der Waals surface area contributed by atoms with Crippen molar-refractivity contribution in [2.24, 2.45) is 5.92 Å². The van der Waals surface area contributed by atoms with Gasteiger partial charge >= 0.3 is 11.9 Å². The maximum absolute atomic E-state index is 13.2. The molecule has 1 N–H and O–H groups in total. The van der Waals surface area contributed by atoms with Gasteiger partial charge in [0.15, 0.2) is 0 Å². The zero-order chi connectivity index (χ0) is 26.6. The van der Waals surface area contributed by atoms with E-state index in [1.54, 1.807) is 0 Å². The SMILES string of the molecule is CC(C)(C)OC(=O)CCCNCC(CN(Cc1ccccc1)Cc1ccccc1)C(=O)OC(C)(C)C. The number of nitrogens with one attached hydrogen (secondary N) is 1. The lowest BCUT2D eigenvalue weighted by Gasteiger charge is -2.29. The number of hydrogen-bond acceptors (Lipinski definition) is 6. The van der Waals surface area contributed by atoms with E-state index in [1.807, 2.05) is 77.9 Å². The first-order valence-electron chi connectivity index (χ1n) is 12.9. The van der Waals surface area contributed by atoms with Crippen molar-refractivity contribution >= 4 is 11.9 Å². The van der Waals surface area contributed by atoms with E-state index in [1.165, 1.54) is 11.1 Å². The Kier molecular flexibility index (Phi) is 11.6. The molecule has 2 aromatic carbocycles. The van der Waals surface area contributed by atoms with Crippen LogP contribution in [0.2, 0.25) is 0 Å². The molecule has 0 aromatic heterocycles. The highest BCUT2D eigenvalue weighted by Crippen LogP contribution is 2.16. The van der Waals surface area contributed by atoms with Crippen molar-refractivity contribution in [3.8, 4) is 0 Å². The molecule has 0 spiro atoms. The molecule has 0 radical (unpaired) electrons. The fourth-order valence-corrected chi connectivity index (χ4v) is 3.81. The molecule has 0 aliphatic carbocycles. The minimum absolute atomic E-state index is 0.204. The molecule has 6 heteroatoms. The first kappa shape index (κ1) is 29.5. The zero-order valence-corrected chi connectivity index (χ0v) is 22.9. The largest absolute Gasteiger partial charge is 0.460 e. The van der Waals surface area contributed by atoms with E-state index in [9.17, 15) is 9.59 Å². The number of esters is 2. The Hall–Kier alpha value is -2.70. The van der Waals surface area contributed by atoms with Crippen LogP contribution in [0.3, 0.4) is 0 Å². The van der Waals surface area contributed by atoms with Crippen LogP contribution in [0.25, 0.3) is 0 Å². The van der Waals surface area contributed by atoms with Gasteiger partial charge in [-0.25, -0.2) is 0 Å². The standard InChI is InChI=1S/C30H44N2O4/c1-29(2,3)35-27(33)18-13-19-31-20-26(28(34)36-30(4,5)6)23-32(21-24-14-9-7-10-15-24)22-25-16-11-8-12-17-25/h7-12,14-17,26,31H,13,18-23H2,1-6H3. The number of nitrogens with zero attached hydrogens (tertiary/aromatic N) is 1. The summed E-state index contributed by atoms with van der Waals surface area (Å²) in [5.74, 6) is -0.767.